The molecule has 0 aromatic heterocycles. The van der Waals surface area contributed by atoms with Crippen molar-refractivity contribution in [3.63, 3.8) is 0 Å². The van der Waals surface area contributed by atoms with Crippen LogP contribution in [0.25, 0.3) is 0 Å². The molecule has 3 heteroatoms. The molecule has 94 valence electrons. The van der Waals surface area contributed by atoms with Crippen molar-refractivity contribution in [2.24, 2.45) is 5.92 Å². The monoisotopic (exact) mass is 226 g/mol. The maximum Gasteiger partial charge on any atom is 0.225 e. The molecular weight excluding hydrogens is 200 g/mol. The first-order valence-corrected chi connectivity index (χ1v) is 6.71. The van der Waals surface area contributed by atoms with E-state index in [-0.39, 0.29) is 5.92 Å². The summed E-state index contributed by atoms with van der Waals surface area (Å²) in [4.78, 5) is 14.1. The van der Waals surface area contributed by atoms with Gasteiger partial charge in [0.1, 0.15) is 0 Å². The van der Waals surface area contributed by atoms with Gasteiger partial charge in [0.2, 0.25) is 5.91 Å². The highest BCUT2D eigenvalue weighted by Crippen LogP contribution is 2.14. The molecule has 0 saturated carbocycles. The molecule has 1 rings (SSSR count). The fourth-order valence-electron chi connectivity index (χ4n) is 2.18. The molecule has 0 aromatic rings. The normalized spacial score (nSPS) is 23.2. The smallest absolute Gasteiger partial charge is 0.225 e. The average molecular weight is 226 g/mol. The van der Waals surface area contributed by atoms with E-state index in [4.69, 9.17) is 0 Å². The third-order valence-electron chi connectivity index (χ3n) is 3.45. The molecule has 0 aromatic carbocycles. The van der Waals surface area contributed by atoms with Gasteiger partial charge in [0.25, 0.3) is 0 Å². The highest BCUT2D eigenvalue weighted by atomic mass is 16.2. The van der Waals surface area contributed by atoms with E-state index in [0.717, 1.165) is 38.9 Å². The molecule has 1 fully saturated rings. The zero-order valence-electron chi connectivity index (χ0n) is 11.0. The van der Waals surface area contributed by atoms with Crippen molar-refractivity contribution >= 4 is 5.91 Å². The van der Waals surface area contributed by atoms with Crippen LogP contribution in [0.15, 0.2) is 0 Å². The van der Waals surface area contributed by atoms with Crippen molar-refractivity contribution in [1.82, 2.24) is 10.2 Å². The first-order valence-electron chi connectivity index (χ1n) is 6.71. The standard InChI is InChI=1S/C13H26N2O/c1-4-8-14-12-7-6-9-15(10-12)13(16)11(3)5-2/h11-12,14H,4-10H2,1-3H3. The van der Waals surface area contributed by atoms with E-state index in [0.29, 0.717) is 11.9 Å². The van der Waals surface area contributed by atoms with Crippen molar-refractivity contribution in [2.75, 3.05) is 19.6 Å². The maximum atomic E-state index is 12.0. The first-order chi connectivity index (χ1) is 7.69. The Balaban J connectivity index is 2.40. The fraction of sp³-hybridized carbons (Fsp3) is 0.923. The van der Waals surface area contributed by atoms with E-state index in [1.165, 1.54) is 6.42 Å². The molecule has 0 spiro atoms. The van der Waals surface area contributed by atoms with Gasteiger partial charge in [-0.1, -0.05) is 20.8 Å². The van der Waals surface area contributed by atoms with Gasteiger partial charge in [-0.2, -0.15) is 0 Å². The lowest BCUT2D eigenvalue weighted by Gasteiger charge is -2.34. The summed E-state index contributed by atoms with van der Waals surface area (Å²) in [5.74, 6) is 0.524. The number of carbonyl (C=O) groups excluding carboxylic acids is 1. The lowest BCUT2D eigenvalue weighted by molar-refractivity contribution is -0.136. The number of hydrogen-bond donors (Lipinski definition) is 1. The van der Waals surface area contributed by atoms with Gasteiger partial charge in [0.05, 0.1) is 0 Å². The molecule has 2 unspecified atom stereocenters. The second-order valence-corrected chi connectivity index (χ2v) is 4.89. The lowest BCUT2D eigenvalue weighted by Crippen LogP contribution is -2.49. The van der Waals surface area contributed by atoms with Crippen LogP contribution in [0.2, 0.25) is 0 Å². The molecule has 0 radical (unpaired) electrons. The van der Waals surface area contributed by atoms with E-state index >= 15 is 0 Å². The Labute approximate surface area is 99.6 Å². The van der Waals surface area contributed by atoms with Crippen LogP contribution in [0.5, 0.6) is 0 Å². The summed E-state index contributed by atoms with van der Waals surface area (Å²) in [7, 11) is 0. The number of amides is 1. The van der Waals surface area contributed by atoms with Crippen molar-refractivity contribution in [3.8, 4) is 0 Å². The second-order valence-electron chi connectivity index (χ2n) is 4.89. The predicted molar refractivity (Wildman–Crippen MR) is 67.4 cm³/mol. The summed E-state index contributed by atoms with van der Waals surface area (Å²) >= 11 is 0. The summed E-state index contributed by atoms with van der Waals surface area (Å²) in [6.45, 7) is 9.22. The SMILES string of the molecule is CCCNC1CCCN(C(=O)C(C)CC)C1. The molecule has 1 aliphatic heterocycles. The molecule has 1 N–H and O–H groups in total. The minimum atomic E-state index is 0.185. The van der Waals surface area contributed by atoms with Crippen LogP contribution in [-0.4, -0.2) is 36.5 Å². The molecule has 2 atom stereocenters. The zero-order valence-corrected chi connectivity index (χ0v) is 11.0. The number of rotatable bonds is 5. The van der Waals surface area contributed by atoms with Crippen LogP contribution < -0.4 is 5.32 Å². The summed E-state index contributed by atoms with van der Waals surface area (Å²) in [5.41, 5.74) is 0. The summed E-state index contributed by atoms with van der Waals surface area (Å²) in [5, 5.41) is 3.52. The minimum absolute atomic E-state index is 0.185. The van der Waals surface area contributed by atoms with Gasteiger partial charge >= 0.3 is 0 Å². The van der Waals surface area contributed by atoms with E-state index in [1.54, 1.807) is 0 Å². The molecular formula is C13H26N2O. The lowest BCUT2D eigenvalue weighted by atomic mass is 10.0. The third kappa shape index (κ3) is 3.78. The Morgan fingerprint density at radius 3 is 2.88 bits per heavy atom. The highest BCUT2D eigenvalue weighted by Gasteiger charge is 2.25. The molecule has 3 nitrogen and oxygen atoms in total. The molecule has 1 amide bonds. The Morgan fingerprint density at radius 1 is 1.50 bits per heavy atom. The summed E-state index contributed by atoms with van der Waals surface area (Å²) < 4.78 is 0. The number of carbonyl (C=O) groups is 1. The van der Waals surface area contributed by atoms with Gasteiger partial charge in [-0.3, -0.25) is 4.79 Å². The van der Waals surface area contributed by atoms with Gasteiger partial charge in [-0.05, 0) is 32.2 Å². The quantitative estimate of drug-likeness (QED) is 0.778. The zero-order chi connectivity index (χ0) is 12.0. The Bertz CT molecular complexity index is 218. The van der Waals surface area contributed by atoms with Crippen molar-refractivity contribution < 1.29 is 4.79 Å². The van der Waals surface area contributed by atoms with Crippen LogP contribution in [-0.2, 0) is 4.79 Å². The van der Waals surface area contributed by atoms with Crippen LogP contribution in [0.1, 0.15) is 46.5 Å². The van der Waals surface area contributed by atoms with Crippen LogP contribution in [0.4, 0.5) is 0 Å². The minimum Gasteiger partial charge on any atom is -0.341 e. The highest BCUT2D eigenvalue weighted by molar-refractivity contribution is 5.78. The molecule has 0 aliphatic carbocycles. The molecule has 1 heterocycles. The van der Waals surface area contributed by atoms with Crippen molar-refractivity contribution in [2.45, 2.75) is 52.5 Å². The van der Waals surface area contributed by atoms with Gasteiger partial charge in [0, 0.05) is 25.0 Å². The Kier molecular flexibility index (Phi) is 5.81. The number of hydrogen-bond acceptors (Lipinski definition) is 2. The second kappa shape index (κ2) is 6.89. The Hall–Kier alpha value is -0.570. The maximum absolute atomic E-state index is 12.0. The van der Waals surface area contributed by atoms with Crippen molar-refractivity contribution in [1.29, 1.82) is 0 Å². The van der Waals surface area contributed by atoms with Crippen LogP contribution in [0.3, 0.4) is 0 Å². The predicted octanol–water partition coefficient (Wildman–Crippen LogP) is 2.02. The molecule has 0 bridgehead atoms. The van der Waals surface area contributed by atoms with E-state index in [9.17, 15) is 4.79 Å². The average Bonchev–Trinajstić information content (AvgIpc) is 2.34. The topological polar surface area (TPSA) is 32.3 Å². The van der Waals surface area contributed by atoms with Crippen molar-refractivity contribution in [3.05, 3.63) is 0 Å². The van der Waals surface area contributed by atoms with E-state index in [2.05, 4.69) is 19.2 Å². The Morgan fingerprint density at radius 2 is 2.25 bits per heavy atom. The van der Waals surface area contributed by atoms with E-state index < -0.39 is 0 Å². The molecule has 1 aliphatic rings. The fourth-order valence-corrected chi connectivity index (χ4v) is 2.18. The van der Waals surface area contributed by atoms with Gasteiger partial charge in [0.15, 0.2) is 0 Å². The van der Waals surface area contributed by atoms with E-state index in [1.807, 2.05) is 11.8 Å². The number of nitrogens with one attached hydrogen (secondary N) is 1. The van der Waals surface area contributed by atoms with Gasteiger partial charge < -0.3 is 10.2 Å². The van der Waals surface area contributed by atoms with Crippen LogP contribution in [0, 0.1) is 5.92 Å². The van der Waals surface area contributed by atoms with Gasteiger partial charge in [-0.15, -0.1) is 0 Å². The number of likely N-dealkylation sites (tertiary alicyclic amines) is 1. The molecule has 16 heavy (non-hydrogen) atoms. The molecule has 1 saturated heterocycles. The first kappa shape index (κ1) is 13.5. The summed E-state index contributed by atoms with van der Waals surface area (Å²) in [6.07, 6.45) is 4.46. The third-order valence-corrected chi connectivity index (χ3v) is 3.45. The van der Waals surface area contributed by atoms with Gasteiger partial charge in [-0.25, -0.2) is 0 Å². The summed E-state index contributed by atoms with van der Waals surface area (Å²) in [6, 6.07) is 0.515. The number of piperidine rings is 1. The van der Waals surface area contributed by atoms with Crippen LogP contribution >= 0.6 is 0 Å². The number of nitrogens with zero attached hydrogens (tertiary/aromatic N) is 1. The largest absolute Gasteiger partial charge is 0.341 e.